The molecule has 1 saturated carbocycles. The van der Waals surface area contributed by atoms with Gasteiger partial charge in [-0.15, -0.1) is 0 Å². The van der Waals surface area contributed by atoms with Gasteiger partial charge in [-0.2, -0.15) is 39.5 Å². The van der Waals surface area contributed by atoms with Crippen LogP contribution in [0.2, 0.25) is 0 Å². The first-order valence-electron chi connectivity index (χ1n) is 34.7. The van der Waals surface area contributed by atoms with E-state index in [1.165, 1.54) is 36.4 Å². The van der Waals surface area contributed by atoms with Gasteiger partial charge in [0.15, 0.2) is 0 Å². The molecule has 7 aliphatic rings. The third-order valence-electron chi connectivity index (χ3n) is 20.2. The van der Waals surface area contributed by atoms with Gasteiger partial charge in [0, 0.05) is 132 Å². The first-order valence-corrected chi connectivity index (χ1v) is 34.7. The Morgan fingerprint density at radius 2 is 0.762 bits per heavy atom. The van der Waals surface area contributed by atoms with Crippen LogP contribution in [0.15, 0.2) is 127 Å². The van der Waals surface area contributed by atoms with E-state index in [2.05, 4.69) is 16.0 Å². The minimum absolute atomic E-state index is 0.0968. The maximum Gasteiger partial charge on any atom is 0.416 e. The van der Waals surface area contributed by atoms with Crippen molar-refractivity contribution in [1.29, 1.82) is 0 Å². The van der Waals surface area contributed by atoms with Crippen molar-refractivity contribution in [3.8, 4) is 17.2 Å². The lowest BCUT2D eigenvalue weighted by molar-refractivity contribution is -0.138. The predicted octanol–water partition coefficient (Wildman–Crippen LogP) is 18.0. The van der Waals surface area contributed by atoms with Crippen molar-refractivity contribution < 1.29 is 82.5 Å². The third-order valence-corrected chi connectivity index (χ3v) is 20.2. The lowest BCUT2D eigenvalue weighted by Crippen LogP contribution is -2.45. The molecule has 6 heterocycles. The fourth-order valence-corrected chi connectivity index (χ4v) is 14.1. The summed E-state index contributed by atoms with van der Waals surface area (Å²) in [6.45, 7) is 16.4. The summed E-state index contributed by atoms with van der Waals surface area (Å²) < 4.78 is 137. The van der Waals surface area contributed by atoms with Crippen LogP contribution in [0.5, 0.6) is 17.2 Å². The molecule has 0 aromatic heterocycles. The molecule has 18 nitrogen and oxygen atoms in total. The molecule has 1 aliphatic carbocycles. The molecule has 0 bridgehead atoms. The van der Waals surface area contributed by atoms with Crippen molar-refractivity contribution in [2.75, 3.05) is 71.4 Å². The lowest BCUT2D eigenvalue weighted by Gasteiger charge is -2.46. The second-order valence-electron chi connectivity index (χ2n) is 27.7. The highest BCUT2D eigenvalue weighted by Gasteiger charge is 2.46. The summed E-state index contributed by atoms with van der Waals surface area (Å²) >= 11 is 0. The highest BCUT2D eigenvalue weighted by molar-refractivity contribution is 6.08. The van der Waals surface area contributed by atoms with Crippen LogP contribution in [0.3, 0.4) is 0 Å². The van der Waals surface area contributed by atoms with Gasteiger partial charge in [-0.1, -0.05) is 50.2 Å². The van der Waals surface area contributed by atoms with Crippen LogP contribution in [-0.4, -0.2) is 108 Å². The molecule has 1 spiro atoms. The van der Waals surface area contributed by atoms with E-state index in [0.29, 0.717) is 122 Å². The number of urea groups is 3. The van der Waals surface area contributed by atoms with E-state index in [9.17, 15) is 68.3 Å². The van der Waals surface area contributed by atoms with Gasteiger partial charge in [-0.05, 0) is 173 Å². The van der Waals surface area contributed by atoms with Crippen molar-refractivity contribution in [3.05, 3.63) is 177 Å². The number of amides is 9. The van der Waals surface area contributed by atoms with Crippen molar-refractivity contribution in [1.82, 2.24) is 14.7 Å². The quantitative estimate of drug-likeness (QED) is 0.0838. The van der Waals surface area contributed by atoms with E-state index in [4.69, 9.17) is 14.2 Å². The van der Waals surface area contributed by atoms with Crippen LogP contribution in [-0.2, 0) is 52.5 Å². The second kappa shape index (κ2) is 29.2. The number of halogens is 9. The molecule has 6 aromatic rings. The summed E-state index contributed by atoms with van der Waals surface area (Å²) in [6.07, 6.45) is -4.39. The number of anilines is 6. The number of hydrogen-bond donors (Lipinski definition) is 3. The number of fused-ring (bicyclic) bond motifs is 6. The predicted molar refractivity (Wildman–Crippen MR) is 383 cm³/mol. The minimum Gasteiger partial charge on any atom is -0.487 e. The van der Waals surface area contributed by atoms with Crippen LogP contribution >= 0.6 is 0 Å². The SMILES string of the molecule is CCN1Cc2ccc(NC(=O)/C=C3\CC(C)(C)Oc4cc(C(F)(F)F)ccc43)cc2N(C)C1=O.CCN1Cc2ccc(NC(=O)/C=C3\CC(CC)(CC)Oc4cc(C(F)(F)F)ccc43)cc2N(C)C1=O.CCN1Cc2ccc(NC(=O)/C=C3\CC4(CCC4)Oc4cc(C(F)(F)F)ccc43)cc2N(C)C1=O. The molecule has 6 aliphatic heterocycles. The Hall–Kier alpha value is -10.5. The number of hydrogen-bond acceptors (Lipinski definition) is 9. The Labute approximate surface area is 602 Å². The summed E-state index contributed by atoms with van der Waals surface area (Å²) in [4.78, 5) is 86.1. The van der Waals surface area contributed by atoms with E-state index in [1.54, 1.807) is 101 Å². The largest absolute Gasteiger partial charge is 0.487 e. The fourth-order valence-electron chi connectivity index (χ4n) is 14.1. The fraction of sp³-hybridized carbons (Fsp3) is 0.385. The van der Waals surface area contributed by atoms with Crippen LogP contribution in [0, 0.1) is 0 Å². The number of ether oxygens (including phenoxy) is 3. The number of rotatable bonds is 11. The lowest BCUT2D eigenvalue weighted by atomic mass is 9.72. The average molecular weight is 1460 g/mol. The second-order valence-corrected chi connectivity index (χ2v) is 27.7. The smallest absolute Gasteiger partial charge is 0.416 e. The van der Waals surface area contributed by atoms with Crippen molar-refractivity contribution in [2.45, 2.75) is 155 Å². The molecule has 105 heavy (non-hydrogen) atoms. The number of nitrogens with zero attached hydrogens (tertiary/aromatic N) is 6. The van der Waals surface area contributed by atoms with E-state index >= 15 is 0 Å². The molecule has 0 unspecified atom stereocenters. The van der Waals surface area contributed by atoms with Crippen LogP contribution in [0.1, 0.15) is 150 Å². The van der Waals surface area contributed by atoms with E-state index < -0.39 is 63.8 Å². The Morgan fingerprint density at radius 1 is 0.438 bits per heavy atom. The summed E-state index contributed by atoms with van der Waals surface area (Å²) in [6, 6.07) is 26.0. The van der Waals surface area contributed by atoms with E-state index in [-0.39, 0.29) is 41.2 Å². The van der Waals surface area contributed by atoms with E-state index in [1.807, 2.05) is 52.8 Å². The van der Waals surface area contributed by atoms with Gasteiger partial charge in [0.25, 0.3) is 0 Å². The molecule has 0 saturated heterocycles. The zero-order valence-corrected chi connectivity index (χ0v) is 59.8. The van der Waals surface area contributed by atoms with Gasteiger partial charge in [0.05, 0.1) is 33.8 Å². The normalized spacial score (nSPS) is 18.7. The van der Waals surface area contributed by atoms with Gasteiger partial charge >= 0.3 is 36.6 Å². The van der Waals surface area contributed by atoms with Gasteiger partial charge < -0.3 is 44.9 Å². The van der Waals surface area contributed by atoms with Crippen molar-refractivity contribution >= 4 is 86.7 Å². The molecule has 0 radical (unpaired) electrons. The van der Waals surface area contributed by atoms with Gasteiger partial charge in [0.1, 0.15) is 34.1 Å². The van der Waals surface area contributed by atoms with Crippen LogP contribution in [0.25, 0.3) is 16.7 Å². The molecule has 1 fully saturated rings. The third kappa shape index (κ3) is 16.3. The monoisotopic (exact) mass is 1460 g/mol. The average Bonchev–Trinajstić information content (AvgIpc) is 0.746. The maximum absolute atomic E-state index is 13.3. The molecule has 9 amide bonds. The molecular weight excluding hydrogens is 1380 g/mol. The summed E-state index contributed by atoms with van der Waals surface area (Å²) in [5.74, 6) is -0.814. The molecule has 27 heteroatoms. The Morgan fingerprint density at radius 3 is 1.08 bits per heavy atom. The topological polar surface area (TPSA) is 186 Å². The number of carbonyl (C=O) groups is 6. The maximum atomic E-state index is 13.3. The van der Waals surface area contributed by atoms with Crippen molar-refractivity contribution in [3.63, 3.8) is 0 Å². The highest BCUT2D eigenvalue weighted by Crippen LogP contribution is 2.52. The molecule has 6 aromatic carbocycles. The minimum atomic E-state index is -4.49. The highest BCUT2D eigenvalue weighted by atomic mass is 19.4. The zero-order valence-electron chi connectivity index (χ0n) is 59.8. The molecule has 3 N–H and O–H groups in total. The number of nitrogens with one attached hydrogen (secondary N) is 3. The van der Waals surface area contributed by atoms with Gasteiger partial charge in [-0.3, -0.25) is 29.1 Å². The van der Waals surface area contributed by atoms with Gasteiger partial charge in [-0.25, -0.2) is 14.4 Å². The first-order chi connectivity index (χ1) is 49.5. The summed E-state index contributed by atoms with van der Waals surface area (Å²) in [5.41, 5.74) is 5.60. The number of carbonyl (C=O) groups excluding carboxylic acids is 6. The molecule has 556 valence electrons. The van der Waals surface area contributed by atoms with E-state index in [0.717, 1.165) is 89.4 Å². The van der Waals surface area contributed by atoms with Crippen molar-refractivity contribution in [2.24, 2.45) is 0 Å². The summed E-state index contributed by atoms with van der Waals surface area (Å²) in [5, 5.41) is 8.49. The number of alkyl halides is 9. The van der Waals surface area contributed by atoms with Crippen LogP contribution < -0.4 is 44.9 Å². The Kier molecular flexibility index (Phi) is 21.1. The zero-order chi connectivity index (χ0) is 76.0. The molecule has 0 atom stereocenters. The van der Waals surface area contributed by atoms with Gasteiger partial charge in [0.2, 0.25) is 17.7 Å². The summed E-state index contributed by atoms with van der Waals surface area (Å²) in [7, 11) is 5.08. The standard InChI is InChI=1S/C27H30F3N3O3.C26H26F3N3O3.C25H26F3N3O3/c1-5-26(6-2)15-18(21-11-9-19(27(28,29)30)13-23(21)36-26)12-24(34)31-20-10-8-17-16-33(7-3)25(35)32(4)22(17)14-20;1-3-32-15-16-5-7-19(13-21(16)31(2)24(32)34)30-23(33)11-17-14-25(9-4-10-25)35-22-12-18(26(27,28)29)6-8-20(17)22;1-5-31-14-15-6-8-18(12-20(15)30(4)23(31)33)29-22(32)10-16-13-24(2,3)34-21-11-17(25(26,27)28)7-9-19(16)21/h8-14H,5-7,15-16H2,1-4H3,(H,31,34);5-8,11-13H,3-4,9-10,14-15H2,1-2H3,(H,30,33);6-12H,5,13-14H2,1-4H3,(H,29,32)/b18-12+;17-11+;16-10+. The number of benzene rings is 6. The first kappa shape index (κ1) is 75.7. The molecular formula is C78H82F9N9O9. The Balaban J connectivity index is 0.000000158. The Bertz CT molecular complexity index is 4540. The molecule has 13 rings (SSSR count). The van der Waals surface area contributed by atoms with Crippen LogP contribution in [0.4, 0.5) is 88.0 Å².